The Bertz CT molecular complexity index is 1440. The predicted octanol–water partition coefficient (Wildman–Crippen LogP) is 4.30. The molecule has 0 radical (unpaired) electrons. The van der Waals surface area contributed by atoms with E-state index in [-0.39, 0.29) is 17.0 Å². The summed E-state index contributed by atoms with van der Waals surface area (Å²) in [5, 5.41) is 31.4. The molecule has 2 bridgehead atoms. The Labute approximate surface area is 253 Å². The number of aromatic nitrogens is 7. The van der Waals surface area contributed by atoms with Crippen LogP contribution in [-0.4, -0.2) is 65.7 Å². The van der Waals surface area contributed by atoms with Gasteiger partial charge < -0.3 is 10.0 Å². The van der Waals surface area contributed by atoms with E-state index in [1.54, 1.807) is 24.1 Å². The Balaban J connectivity index is 1.38. The summed E-state index contributed by atoms with van der Waals surface area (Å²) in [7, 11) is 1.66. The molecule has 2 heterocycles. The van der Waals surface area contributed by atoms with Gasteiger partial charge in [-0.05, 0) is 48.4 Å². The van der Waals surface area contributed by atoms with Gasteiger partial charge in [0.05, 0.1) is 24.8 Å². The van der Waals surface area contributed by atoms with Gasteiger partial charge in [0.15, 0.2) is 11.6 Å². The number of rotatable bonds is 5. The third-order valence-electron chi connectivity index (χ3n) is 8.71. The first-order chi connectivity index (χ1) is 18.1. The fourth-order valence-corrected chi connectivity index (χ4v) is 9.35. The molecule has 0 spiro atoms. The molecule has 208 valence electrons. The Morgan fingerprint density at radius 2 is 1.74 bits per heavy atom. The van der Waals surface area contributed by atoms with Crippen molar-refractivity contribution in [3.05, 3.63) is 24.4 Å². The molecule has 3 fully saturated rings. The van der Waals surface area contributed by atoms with Gasteiger partial charge in [0.2, 0.25) is 5.82 Å². The summed E-state index contributed by atoms with van der Waals surface area (Å²) < 4.78 is 14.2. The van der Waals surface area contributed by atoms with E-state index in [2.05, 4.69) is 37.5 Å². The van der Waals surface area contributed by atoms with Crippen LogP contribution in [0.1, 0.15) is 39.5 Å². The van der Waals surface area contributed by atoms with Crippen molar-refractivity contribution in [2.24, 2.45) is 17.9 Å². The molecule has 3 saturated carbocycles. The van der Waals surface area contributed by atoms with Crippen LogP contribution in [0.2, 0.25) is 0 Å². The number of thiol groups is 5. The van der Waals surface area contributed by atoms with Crippen LogP contribution in [0.5, 0.6) is 5.75 Å². The molecule has 3 aromatic rings. The summed E-state index contributed by atoms with van der Waals surface area (Å²) >= 11 is 23.9. The van der Waals surface area contributed by atoms with Crippen LogP contribution >= 0.6 is 63.1 Å². The molecule has 0 saturated heterocycles. The van der Waals surface area contributed by atoms with Crippen LogP contribution in [0.15, 0.2) is 24.4 Å². The Kier molecular flexibility index (Phi) is 6.25. The van der Waals surface area contributed by atoms with Crippen molar-refractivity contribution in [2.75, 3.05) is 4.90 Å². The fraction of sp³-hybridized carbons (Fsp3) is 0.583. The largest absolute Gasteiger partial charge is 0.507 e. The number of halogens is 1. The zero-order valence-electron chi connectivity index (χ0n) is 21.4. The van der Waals surface area contributed by atoms with Crippen molar-refractivity contribution in [1.29, 1.82) is 0 Å². The van der Waals surface area contributed by atoms with Crippen molar-refractivity contribution < 1.29 is 9.50 Å². The van der Waals surface area contributed by atoms with E-state index in [0.29, 0.717) is 29.2 Å². The van der Waals surface area contributed by atoms with Crippen LogP contribution in [0.4, 0.5) is 10.2 Å². The van der Waals surface area contributed by atoms with E-state index >= 15 is 4.39 Å². The van der Waals surface area contributed by atoms with Crippen molar-refractivity contribution in [3.8, 4) is 28.5 Å². The van der Waals surface area contributed by atoms with Crippen molar-refractivity contribution in [3.63, 3.8) is 0 Å². The Morgan fingerprint density at radius 1 is 1.03 bits per heavy atom. The maximum absolute atomic E-state index is 16.4. The molecule has 39 heavy (non-hydrogen) atoms. The van der Waals surface area contributed by atoms with Gasteiger partial charge in [-0.2, -0.15) is 55.3 Å². The number of aromatic hydroxyl groups is 1. The summed E-state index contributed by atoms with van der Waals surface area (Å²) in [5.41, 5.74) is 0.478. The summed E-state index contributed by atoms with van der Waals surface area (Å²) in [4.78, 5) is 6.45. The number of nitrogens with zero attached hydrogens (tertiary/aromatic N) is 8. The Hall–Kier alpha value is -1.42. The van der Waals surface area contributed by atoms with Crippen LogP contribution in [0.25, 0.3) is 22.8 Å². The summed E-state index contributed by atoms with van der Waals surface area (Å²) in [6.07, 6.45) is 3.56. The minimum Gasteiger partial charge on any atom is -0.507 e. The van der Waals surface area contributed by atoms with Crippen LogP contribution in [-0.2, 0) is 7.05 Å². The summed E-state index contributed by atoms with van der Waals surface area (Å²) in [5.74, 6) is 0.820. The lowest BCUT2D eigenvalue weighted by Gasteiger charge is -2.50. The van der Waals surface area contributed by atoms with Gasteiger partial charge in [-0.3, -0.25) is 0 Å². The highest BCUT2D eigenvalue weighted by molar-refractivity contribution is 8.13. The Morgan fingerprint density at radius 3 is 2.31 bits per heavy atom. The molecule has 3 aliphatic rings. The number of tetrazole rings is 1. The zero-order valence-corrected chi connectivity index (χ0v) is 25.9. The van der Waals surface area contributed by atoms with Gasteiger partial charge in [-0.15, -0.1) is 33.0 Å². The number of alkyl halides is 1. The second-order valence-electron chi connectivity index (χ2n) is 11.7. The molecule has 1 N–H and O–H groups in total. The van der Waals surface area contributed by atoms with E-state index in [9.17, 15) is 5.11 Å². The van der Waals surface area contributed by atoms with Crippen molar-refractivity contribution in [1.82, 2.24) is 35.4 Å². The molecule has 0 unspecified atom stereocenters. The highest BCUT2D eigenvalue weighted by Crippen LogP contribution is 2.76. The number of anilines is 1. The first-order valence-electron chi connectivity index (χ1n) is 12.5. The van der Waals surface area contributed by atoms with Gasteiger partial charge in [0.1, 0.15) is 25.0 Å². The molecule has 9 nitrogen and oxygen atoms in total. The van der Waals surface area contributed by atoms with Crippen molar-refractivity contribution >= 4 is 69.0 Å². The first kappa shape index (κ1) is 27.7. The number of phenolic OH excluding ortho intramolecular Hbond substituents is 1. The molecular formula is C24H29FN8OS5. The number of aryl methyl sites for hydroxylation is 1. The SMILES string of the molecule is Cn1nnc(-c2ccc(-c3ncc(N([C@@H]4C[C@@]5(C)CC[C@](C)(C5)[C@@H]4F)C4(S)C(S)(S)C4(S)S)nn3)c(O)c2)n1. The number of hydrogen-bond donors (Lipinski definition) is 6. The first-order valence-corrected chi connectivity index (χ1v) is 14.7. The molecular weight excluding hydrogens is 596 g/mol. The van der Waals surface area contributed by atoms with E-state index in [1.807, 2.05) is 6.92 Å². The molecule has 15 heteroatoms. The lowest BCUT2D eigenvalue weighted by molar-refractivity contribution is 0.0350. The molecule has 3 aliphatic carbocycles. The minimum absolute atomic E-state index is 0.0165. The molecule has 4 atom stereocenters. The number of hydrogen-bond acceptors (Lipinski definition) is 13. The molecule has 0 amide bonds. The van der Waals surface area contributed by atoms with Gasteiger partial charge in [-0.25, -0.2) is 9.37 Å². The van der Waals surface area contributed by atoms with Gasteiger partial charge in [-0.1, -0.05) is 19.9 Å². The number of phenols is 1. The average molecular weight is 625 g/mol. The van der Waals surface area contributed by atoms with Crippen LogP contribution in [0.3, 0.4) is 0 Å². The van der Waals surface area contributed by atoms with E-state index in [1.165, 1.54) is 17.1 Å². The summed E-state index contributed by atoms with van der Waals surface area (Å²) in [6.45, 7) is 4.23. The van der Waals surface area contributed by atoms with Gasteiger partial charge in [0, 0.05) is 11.0 Å². The predicted molar refractivity (Wildman–Crippen MR) is 164 cm³/mol. The lowest BCUT2D eigenvalue weighted by atomic mass is 9.67. The lowest BCUT2D eigenvalue weighted by Crippen LogP contribution is -2.58. The second kappa shape index (κ2) is 8.79. The highest BCUT2D eigenvalue weighted by Gasteiger charge is 2.85. The van der Waals surface area contributed by atoms with E-state index in [0.717, 1.165) is 19.3 Å². The van der Waals surface area contributed by atoms with Gasteiger partial charge in [0.25, 0.3) is 0 Å². The highest BCUT2D eigenvalue weighted by atomic mass is 32.2. The van der Waals surface area contributed by atoms with Crippen LogP contribution in [0, 0.1) is 10.8 Å². The second-order valence-corrected chi connectivity index (χ2v) is 15.7. The normalized spacial score (nSPS) is 31.7. The third-order valence-corrected chi connectivity index (χ3v) is 13.6. The zero-order chi connectivity index (χ0) is 28.2. The molecule has 0 aliphatic heterocycles. The van der Waals surface area contributed by atoms with E-state index in [4.69, 9.17) is 63.1 Å². The quantitative estimate of drug-likeness (QED) is 0.185. The van der Waals surface area contributed by atoms with Crippen molar-refractivity contribution in [2.45, 2.75) is 64.8 Å². The van der Waals surface area contributed by atoms with E-state index < -0.39 is 30.7 Å². The molecule has 6 rings (SSSR count). The molecule has 1 aromatic carbocycles. The molecule has 2 aromatic heterocycles. The third kappa shape index (κ3) is 3.92. The van der Waals surface area contributed by atoms with Gasteiger partial charge >= 0.3 is 0 Å². The maximum Gasteiger partial charge on any atom is 0.205 e. The monoisotopic (exact) mass is 624 g/mol. The number of fused-ring (bicyclic) bond motifs is 2. The fourth-order valence-electron chi connectivity index (χ4n) is 6.59. The smallest absolute Gasteiger partial charge is 0.205 e. The maximum atomic E-state index is 16.4. The standard InChI is InChI=1S/C24H29FN8OS5/c1-20-6-7-21(2,11-20)17(25)14(9-20)33(22(35)23(36,37)24(22,38)39)16-10-26-19(28-27-16)13-5-4-12(8-15(13)34)18-29-31-32(3)30-18/h4-5,8,10,14,17,34-39H,6-7,9,11H2,1-3H3/t14-,17-,20-,21-/m1/s1. The average Bonchev–Trinajstić information content (AvgIpc) is 3.28. The number of benzene rings is 1. The minimum atomic E-state index is -1.18. The topological polar surface area (TPSA) is 106 Å². The van der Waals surface area contributed by atoms with Crippen LogP contribution < -0.4 is 4.90 Å². The summed E-state index contributed by atoms with van der Waals surface area (Å²) in [6, 6.07) is 4.33.